The highest BCUT2D eigenvalue weighted by Crippen LogP contribution is 2.23. The molecule has 0 saturated heterocycles. The molecule has 31 heavy (non-hydrogen) atoms. The molecule has 0 spiro atoms. The van der Waals surface area contributed by atoms with E-state index in [1.54, 1.807) is 43.5 Å². The summed E-state index contributed by atoms with van der Waals surface area (Å²) in [5, 5.41) is 6.42. The fourth-order valence-electron chi connectivity index (χ4n) is 2.93. The van der Waals surface area contributed by atoms with E-state index >= 15 is 0 Å². The number of rotatable bonds is 6. The standard InChI is InChI=1S/C24H22N2O5/c1-25-24(29)26-23(28)22(17-6-4-3-5-7-17)31-21(27)13-9-16-8-10-19-15-20(30-2)12-11-18(19)14-16/h3-15,22H,1-2H3,(H2,25,26,28,29)/b13-9+/t22-/m1/s1. The maximum Gasteiger partial charge on any atom is 0.331 e. The number of urea groups is 1. The molecule has 2 N–H and O–H groups in total. The lowest BCUT2D eigenvalue weighted by Crippen LogP contribution is -2.41. The summed E-state index contributed by atoms with van der Waals surface area (Å²) in [7, 11) is 3.00. The Morgan fingerprint density at radius 1 is 0.935 bits per heavy atom. The normalized spacial score (nSPS) is 11.7. The molecule has 3 aromatic carbocycles. The van der Waals surface area contributed by atoms with Crippen molar-refractivity contribution in [2.75, 3.05) is 14.2 Å². The first-order valence-electron chi connectivity index (χ1n) is 9.54. The van der Waals surface area contributed by atoms with Crippen LogP contribution in [0.25, 0.3) is 16.8 Å². The molecule has 0 aliphatic carbocycles. The van der Waals surface area contributed by atoms with Crippen molar-refractivity contribution in [3.8, 4) is 5.75 Å². The van der Waals surface area contributed by atoms with Crippen molar-refractivity contribution in [2.24, 2.45) is 0 Å². The minimum absolute atomic E-state index is 0.449. The monoisotopic (exact) mass is 418 g/mol. The Hall–Kier alpha value is -4.13. The Morgan fingerprint density at radius 3 is 2.35 bits per heavy atom. The zero-order valence-electron chi connectivity index (χ0n) is 17.1. The van der Waals surface area contributed by atoms with Crippen LogP contribution in [-0.2, 0) is 14.3 Å². The quantitative estimate of drug-likeness (QED) is 0.471. The van der Waals surface area contributed by atoms with E-state index in [2.05, 4.69) is 10.6 Å². The van der Waals surface area contributed by atoms with Crippen LogP contribution in [-0.4, -0.2) is 32.1 Å². The van der Waals surface area contributed by atoms with Crippen LogP contribution in [0.1, 0.15) is 17.2 Å². The second kappa shape index (κ2) is 10.1. The predicted octanol–water partition coefficient (Wildman–Crippen LogP) is 3.60. The summed E-state index contributed by atoms with van der Waals surface area (Å²) in [6.07, 6.45) is 1.58. The molecule has 0 aliphatic heterocycles. The molecular formula is C24H22N2O5. The van der Waals surface area contributed by atoms with Gasteiger partial charge in [-0.1, -0.05) is 48.5 Å². The summed E-state index contributed by atoms with van der Waals surface area (Å²) >= 11 is 0. The molecule has 3 aromatic rings. The van der Waals surface area contributed by atoms with Crippen LogP contribution in [0.2, 0.25) is 0 Å². The van der Waals surface area contributed by atoms with Crippen molar-refractivity contribution in [2.45, 2.75) is 6.10 Å². The van der Waals surface area contributed by atoms with Gasteiger partial charge >= 0.3 is 12.0 Å². The third-order valence-electron chi connectivity index (χ3n) is 4.52. The van der Waals surface area contributed by atoms with E-state index in [0.717, 1.165) is 22.1 Å². The molecule has 158 valence electrons. The van der Waals surface area contributed by atoms with Crippen molar-refractivity contribution in [1.29, 1.82) is 0 Å². The molecule has 3 amide bonds. The molecule has 0 radical (unpaired) electrons. The second-order valence-corrected chi connectivity index (χ2v) is 6.60. The van der Waals surface area contributed by atoms with Crippen molar-refractivity contribution >= 4 is 34.8 Å². The molecule has 0 bridgehead atoms. The first-order valence-corrected chi connectivity index (χ1v) is 9.54. The molecule has 7 heteroatoms. The molecule has 7 nitrogen and oxygen atoms in total. The average molecular weight is 418 g/mol. The van der Waals surface area contributed by atoms with E-state index in [1.807, 2.05) is 36.4 Å². The van der Waals surface area contributed by atoms with Gasteiger partial charge in [-0.3, -0.25) is 10.1 Å². The molecule has 3 rings (SSSR count). The molecule has 0 aromatic heterocycles. The summed E-state index contributed by atoms with van der Waals surface area (Å²) in [6.45, 7) is 0. The van der Waals surface area contributed by atoms with E-state index in [4.69, 9.17) is 9.47 Å². The van der Waals surface area contributed by atoms with Gasteiger partial charge in [-0.25, -0.2) is 9.59 Å². The molecular weight excluding hydrogens is 396 g/mol. The van der Waals surface area contributed by atoms with Gasteiger partial charge < -0.3 is 14.8 Å². The summed E-state index contributed by atoms with van der Waals surface area (Å²) in [4.78, 5) is 36.3. The van der Waals surface area contributed by atoms with E-state index in [9.17, 15) is 14.4 Å². The predicted molar refractivity (Wildman–Crippen MR) is 117 cm³/mol. The number of amides is 3. The minimum atomic E-state index is -1.26. The van der Waals surface area contributed by atoms with Crippen LogP contribution in [0.5, 0.6) is 5.75 Å². The van der Waals surface area contributed by atoms with Gasteiger partial charge in [0.15, 0.2) is 0 Å². The SMILES string of the molecule is CNC(=O)NC(=O)[C@H](OC(=O)/C=C/c1ccc2cc(OC)ccc2c1)c1ccccc1. The van der Waals surface area contributed by atoms with Crippen LogP contribution in [0.15, 0.2) is 72.8 Å². The number of ether oxygens (including phenoxy) is 2. The van der Waals surface area contributed by atoms with Gasteiger partial charge in [0, 0.05) is 18.7 Å². The smallest absolute Gasteiger partial charge is 0.331 e. The highest BCUT2D eigenvalue weighted by molar-refractivity contribution is 5.98. The van der Waals surface area contributed by atoms with Gasteiger partial charge in [0.1, 0.15) is 5.75 Å². The highest BCUT2D eigenvalue weighted by atomic mass is 16.5. The van der Waals surface area contributed by atoms with Gasteiger partial charge in [-0.2, -0.15) is 0 Å². The Balaban J connectivity index is 1.75. The van der Waals surface area contributed by atoms with Crippen LogP contribution in [0.3, 0.4) is 0 Å². The number of esters is 1. The maximum atomic E-state index is 12.4. The summed E-state index contributed by atoms with van der Waals surface area (Å²) in [5.41, 5.74) is 1.24. The Bertz CT molecular complexity index is 1130. The highest BCUT2D eigenvalue weighted by Gasteiger charge is 2.25. The Kier molecular flexibility index (Phi) is 7.01. The molecule has 0 heterocycles. The number of benzene rings is 3. The third kappa shape index (κ3) is 5.70. The number of nitrogens with one attached hydrogen (secondary N) is 2. The van der Waals surface area contributed by atoms with Crippen molar-refractivity contribution in [1.82, 2.24) is 10.6 Å². The molecule has 0 saturated carbocycles. The van der Waals surface area contributed by atoms with Crippen LogP contribution in [0.4, 0.5) is 4.79 Å². The summed E-state index contributed by atoms with van der Waals surface area (Å²) in [6, 6.07) is 19.2. The fraction of sp³-hybridized carbons (Fsp3) is 0.125. The van der Waals surface area contributed by atoms with Crippen molar-refractivity contribution < 1.29 is 23.9 Å². The van der Waals surface area contributed by atoms with Gasteiger partial charge in [-0.15, -0.1) is 0 Å². The van der Waals surface area contributed by atoms with Crippen LogP contribution < -0.4 is 15.4 Å². The van der Waals surface area contributed by atoms with Gasteiger partial charge in [0.05, 0.1) is 7.11 Å². The number of carbonyl (C=O) groups excluding carboxylic acids is 3. The van der Waals surface area contributed by atoms with Crippen LogP contribution in [0, 0.1) is 0 Å². The first kappa shape index (κ1) is 21.6. The molecule has 0 aliphatic rings. The number of hydrogen-bond donors (Lipinski definition) is 2. The minimum Gasteiger partial charge on any atom is -0.497 e. The first-order chi connectivity index (χ1) is 15.0. The summed E-state index contributed by atoms with van der Waals surface area (Å²) < 4.78 is 10.6. The van der Waals surface area contributed by atoms with Gasteiger partial charge in [0.2, 0.25) is 6.10 Å². The second-order valence-electron chi connectivity index (χ2n) is 6.60. The third-order valence-corrected chi connectivity index (χ3v) is 4.52. The number of fused-ring (bicyclic) bond motifs is 1. The van der Waals surface area contributed by atoms with Gasteiger partial charge in [-0.05, 0) is 40.6 Å². The maximum absolute atomic E-state index is 12.4. The zero-order chi connectivity index (χ0) is 22.2. The molecule has 0 fully saturated rings. The lowest BCUT2D eigenvalue weighted by molar-refractivity contribution is -0.151. The summed E-state index contributed by atoms with van der Waals surface area (Å²) in [5.74, 6) is -0.691. The fourth-order valence-corrected chi connectivity index (χ4v) is 2.93. The van der Waals surface area contributed by atoms with Crippen LogP contribution >= 0.6 is 0 Å². The average Bonchev–Trinajstić information content (AvgIpc) is 2.81. The van der Waals surface area contributed by atoms with Crippen molar-refractivity contribution in [3.63, 3.8) is 0 Å². The zero-order valence-corrected chi connectivity index (χ0v) is 17.1. The topological polar surface area (TPSA) is 93.7 Å². The number of methoxy groups -OCH3 is 1. The van der Waals surface area contributed by atoms with E-state index in [0.29, 0.717) is 5.56 Å². The lowest BCUT2D eigenvalue weighted by Gasteiger charge is -2.16. The van der Waals surface area contributed by atoms with Crippen molar-refractivity contribution in [3.05, 3.63) is 83.9 Å². The molecule has 0 unspecified atom stereocenters. The van der Waals surface area contributed by atoms with Gasteiger partial charge in [0.25, 0.3) is 5.91 Å². The number of hydrogen-bond acceptors (Lipinski definition) is 5. The largest absolute Gasteiger partial charge is 0.497 e. The van der Waals surface area contributed by atoms with E-state index < -0.39 is 24.0 Å². The Morgan fingerprint density at radius 2 is 1.65 bits per heavy atom. The number of imide groups is 1. The van der Waals surface area contributed by atoms with E-state index in [-0.39, 0.29) is 0 Å². The lowest BCUT2D eigenvalue weighted by atomic mass is 10.1. The van der Waals surface area contributed by atoms with E-state index in [1.165, 1.54) is 13.1 Å². The number of carbonyl (C=O) groups is 3. The Labute approximate surface area is 179 Å². The molecule has 1 atom stereocenters.